The maximum atomic E-state index is 5.78. The smallest absolute Gasteiger partial charge is 0.119 e. The first kappa shape index (κ1) is 15.1. The molecule has 0 saturated carbocycles. The molecular weight excluding hydrogens is 270 g/mol. The lowest BCUT2D eigenvalue weighted by Gasteiger charge is -2.33. The van der Waals surface area contributed by atoms with Crippen LogP contribution in [0.2, 0.25) is 0 Å². The van der Waals surface area contributed by atoms with Crippen LogP contribution >= 0.6 is 0 Å². The zero-order valence-corrected chi connectivity index (χ0v) is 13.2. The third-order valence-electron chi connectivity index (χ3n) is 4.41. The van der Waals surface area contributed by atoms with Gasteiger partial charge < -0.3 is 9.64 Å². The topological polar surface area (TPSA) is 12.5 Å². The van der Waals surface area contributed by atoms with Crippen LogP contribution in [0.25, 0.3) is 0 Å². The fourth-order valence-corrected chi connectivity index (χ4v) is 3.25. The van der Waals surface area contributed by atoms with Crippen molar-refractivity contribution >= 4 is 0 Å². The summed E-state index contributed by atoms with van der Waals surface area (Å²) in [7, 11) is 0. The highest BCUT2D eigenvalue weighted by Crippen LogP contribution is 2.26. The Hall–Kier alpha value is -1.80. The molecule has 2 aromatic rings. The largest absolute Gasteiger partial charge is 0.494 e. The molecule has 0 bridgehead atoms. The van der Waals surface area contributed by atoms with Crippen LogP contribution in [0.15, 0.2) is 60.7 Å². The van der Waals surface area contributed by atoms with E-state index in [4.69, 9.17) is 4.74 Å². The van der Waals surface area contributed by atoms with Gasteiger partial charge in [-0.1, -0.05) is 48.5 Å². The Labute approximate surface area is 133 Å². The van der Waals surface area contributed by atoms with Crippen LogP contribution < -0.4 is 4.74 Å². The number of benzene rings is 2. The average Bonchev–Trinajstić information content (AvgIpc) is 2.61. The second kappa shape index (κ2) is 8.00. The lowest BCUT2D eigenvalue weighted by atomic mass is 9.90. The van der Waals surface area contributed by atoms with Crippen molar-refractivity contribution < 1.29 is 4.74 Å². The number of likely N-dealkylation sites (tertiary alicyclic amines) is 1. The summed E-state index contributed by atoms with van der Waals surface area (Å²) >= 11 is 0. The first-order valence-corrected chi connectivity index (χ1v) is 8.37. The zero-order chi connectivity index (χ0) is 15.0. The number of hydrogen-bond acceptors (Lipinski definition) is 2. The van der Waals surface area contributed by atoms with E-state index in [1.54, 1.807) is 0 Å². The van der Waals surface area contributed by atoms with E-state index in [2.05, 4.69) is 35.2 Å². The van der Waals surface area contributed by atoms with Crippen LogP contribution in [0.4, 0.5) is 0 Å². The Morgan fingerprint density at radius 3 is 2.45 bits per heavy atom. The highest BCUT2D eigenvalue weighted by atomic mass is 16.5. The molecular formula is C20H25NO. The van der Waals surface area contributed by atoms with Crippen LogP contribution in [-0.4, -0.2) is 31.1 Å². The van der Waals surface area contributed by atoms with Gasteiger partial charge >= 0.3 is 0 Å². The van der Waals surface area contributed by atoms with Gasteiger partial charge in [-0.25, -0.2) is 0 Å². The van der Waals surface area contributed by atoms with Gasteiger partial charge in [-0.05, 0) is 49.4 Å². The van der Waals surface area contributed by atoms with E-state index in [1.165, 1.54) is 31.5 Å². The van der Waals surface area contributed by atoms with E-state index in [0.717, 1.165) is 25.3 Å². The monoisotopic (exact) mass is 295 g/mol. The Balaban J connectivity index is 1.41. The predicted molar refractivity (Wildman–Crippen MR) is 91.4 cm³/mol. The van der Waals surface area contributed by atoms with Crippen molar-refractivity contribution in [1.29, 1.82) is 0 Å². The molecule has 1 aliphatic heterocycles. The maximum absolute atomic E-state index is 5.78. The van der Waals surface area contributed by atoms with E-state index in [1.807, 2.05) is 30.3 Å². The number of piperidine rings is 1. The molecule has 0 spiro atoms. The van der Waals surface area contributed by atoms with Gasteiger partial charge in [0.05, 0.1) is 6.61 Å². The molecule has 1 aliphatic rings. The molecule has 1 atom stereocenters. The molecule has 0 radical (unpaired) electrons. The summed E-state index contributed by atoms with van der Waals surface area (Å²) in [6.45, 7) is 4.36. The minimum atomic E-state index is 0.699. The summed E-state index contributed by atoms with van der Waals surface area (Å²) in [4.78, 5) is 2.59. The number of para-hydroxylation sites is 1. The average molecular weight is 295 g/mol. The molecule has 3 rings (SSSR count). The van der Waals surface area contributed by atoms with Gasteiger partial charge in [0.25, 0.3) is 0 Å². The molecule has 1 fully saturated rings. The standard InChI is InChI=1S/C20H25NO/c1-3-9-18(10-4-1)19-11-7-14-21(17-19)15-8-16-22-20-12-5-2-6-13-20/h1-6,9-10,12-13,19H,7-8,11,14-17H2/t19-/m0/s1. The summed E-state index contributed by atoms with van der Waals surface area (Å²) in [5.74, 6) is 1.67. The number of hydrogen-bond donors (Lipinski definition) is 0. The van der Waals surface area contributed by atoms with Crippen LogP contribution in [-0.2, 0) is 0 Å². The first-order chi connectivity index (χ1) is 10.9. The normalized spacial score (nSPS) is 19.0. The molecule has 0 N–H and O–H groups in total. The lowest BCUT2D eigenvalue weighted by Crippen LogP contribution is -2.35. The van der Waals surface area contributed by atoms with Gasteiger partial charge in [0, 0.05) is 13.1 Å². The summed E-state index contributed by atoms with van der Waals surface area (Å²) in [5.41, 5.74) is 1.49. The number of ether oxygens (including phenoxy) is 1. The minimum absolute atomic E-state index is 0.699. The van der Waals surface area contributed by atoms with E-state index >= 15 is 0 Å². The Morgan fingerprint density at radius 1 is 0.955 bits per heavy atom. The molecule has 116 valence electrons. The lowest BCUT2D eigenvalue weighted by molar-refractivity contribution is 0.189. The molecule has 0 aromatic heterocycles. The first-order valence-electron chi connectivity index (χ1n) is 8.37. The van der Waals surface area contributed by atoms with Crippen molar-refractivity contribution in [2.45, 2.75) is 25.2 Å². The fourth-order valence-electron chi connectivity index (χ4n) is 3.25. The molecule has 2 aromatic carbocycles. The second-order valence-electron chi connectivity index (χ2n) is 6.07. The molecule has 0 unspecified atom stereocenters. The van der Waals surface area contributed by atoms with Gasteiger partial charge in [-0.2, -0.15) is 0 Å². The van der Waals surface area contributed by atoms with Crippen molar-refractivity contribution in [2.24, 2.45) is 0 Å². The number of rotatable bonds is 6. The van der Waals surface area contributed by atoms with E-state index in [9.17, 15) is 0 Å². The maximum Gasteiger partial charge on any atom is 0.119 e. The van der Waals surface area contributed by atoms with Gasteiger partial charge in [0.15, 0.2) is 0 Å². The molecule has 2 nitrogen and oxygen atoms in total. The molecule has 1 heterocycles. The van der Waals surface area contributed by atoms with Gasteiger partial charge in [0.1, 0.15) is 5.75 Å². The molecule has 0 aliphatic carbocycles. The molecule has 1 saturated heterocycles. The fraction of sp³-hybridized carbons (Fsp3) is 0.400. The Kier molecular flexibility index (Phi) is 5.49. The second-order valence-corrected chi connectivity index (χ2v) is 6.07. The minimum Gasteiger partial charge on any atom is -0.494 e. The Morgan fingerprint density at radius 2 is 1.68 bits per heavy atom. The van der Waals surface area contributed by atoms with Crippen LogP contribution in [0.1, 0.15) is 30.7 Å². The zero-order valence-electron chi connectivity index (χ0n) is 13.2. The molecule has 0 amide bonds. The third-order valence-corrected chi connectivity index (χ3v) is 4.41. The molecule has 2 heteroatoms. The quantitative estimate of drug-likeness (QED) is 0.735. The van der Waals surface area contributed by atoms with Gasteiger partial charge in [0.2, 0.25) is 0 Å². The number of nitrogens with zero attached hydrogens (tertiary/aromatic N) is 1. The Bertz CT molecular complexity index is 540. The van der Waals surface area contributed by atoms with Crippen molar-refractivity contribution in [3.8, 4) is 5.75 Å². The summed E-state index contributed by atoms with van der Waals surface area (Å²) < 4.78 is 5.78. The summed E-state index contributed by atoms with van der Waals surface area (Å²) in [6.07, 6.45) is 3.72. The van der Waals surface area contributed by atoms with E-state index in [-0.39, 0.29) is 0 Å². The third kappa shape index (κ3) is 4.35. The summed E-state index contributed by atoms with van der Waals surface area (Å²) in [5, 5.41) is 0. The van der Waals surface area contributed by atoms with Crippen LogP contribution in [0.5, 0.6) is 5.75 Å². The SMILES string of the molecule is c1ccc(OCCCN2CCC[C@H](c3ccccc3)C2)cc1. The predicted octanol–water partition coefficient (Wildman–Crippen LogP) is 4.34. The molecule has 22 heavy (non-hydrogen) atoms. The van der Waals surface area contributed by atoms with Crippen molar-refractivity contribution in [3.05, 3.63) is 66.2 Å². The highest BCUT2D eigenvalue weighted by molar-refractivity contribution is 5.21. The summed E-state index contributed by atoms with van der Waals surface area (Å²) in [6, 6.07) is 21.0. The van der Waals surface area contributed by atoms with Gasteiger partial charge in [-0.15, -0.1) is 0 Å². The van der Waals surface area contributed by atoms with E-state index in [0.29, 0.717) is 5.92 Å². The van der Waals surface area contributed by atoms with Gasteiger partial charge in [-0.3, -0.25) is 0 Å². The van der Waals surface area contributed by atoms with Crippen molar-refractivity contribution in [3.63, 3.8) is 0 Å². The van der Waals surface area contributed by atoms with Crippen LogP contribution in [0.3, 0.4) is 0 Å². The van der Waals surface area contributed by atoms with Crippen molar-refractivity contribution in [2.75, 3.05) is 26.2 Å². The van der Waals surface area contributed by atoms with Crippen LogP contribution in [0, 0.1) is 0 Å². The van der Waals surface area contributed by atoms with Crippen molar-refractivity contribution in [1.82, 2.24) is 4.90 Å². The highest BCUT2D eigenvalue weighted by Gasteiger charge is 2.20. The van der Waals surface area contributed by atoms with E-state index < -0.39 is 0 Å².